The number of rotatable bonds is 4. The number of benzene rings is 1. The molecule has 1 aromatic rings. The summed E-state index contributed by atoms with van der Waals surface area (Å²) in [6.45, 7) is 3.22. The van der Waals surface area contributed by atoms with Crippen LogP contribution in [0.15, 0.2) is 29.2 Å². The highest BCUT2D eigenvalue weighted by molar-refractivity contribution is 7.99. The molecule has 1 aliphatic heterocycles. The molecule has 0 amide bonds. The maximum absolute atomic E-state index is 9.02. The molecule has 2 N–H and O–H groups in total. The molecule has 0 spiro atoms. The Labute approximate surface area is 101 Å². The maximum Gasteiger partial charge on any atom is 0.0468 e. The molecular formula is C13H19NOS. The molecule has 88 valence electrons. The Morgan fingerprint density at radius 3 is 3.12 bits per heavy atom. The predicted molar refractivity (Wildman–Crippen MR) is 68.8 cm³/mol. The molecule has 16 heavy (non-hydrogen) atoms. The summed E-state index contributed by atoms with van der Waals surface area (Å²) in [4.78, 5) is 1.41. The van der Waals surface area contributed by atoms with Crippen molar-refractivity contribution < 1.29 is 5.11 Å². The Bertz CT molecular complexity index is 342. The molecule has 2 unspecified atom stereocenters. The van der Waals surface area contributed by atoms with Crippen LogP contribution in [0, 0.1) is 5.92 Å². The van der Waals surface area contributed by atoms with Crippen molar-refractivity contribution in [2.45, 2.75) is 24.3 Å². The monoisotopic (exact) mass is 237 g/mol. The second-order valence-electron chi connectivity index (χ2n) is 4.42. The van der Waals surface area contributed by atoms with Gasteiger partial charge in [0.1, 0.15) is 0 Å². The quantitative estimate of drug-likeness (QED) is 0.843. The number of hydrogen-bond acceptors (Lipinski definition) is 3. The van der Waals surface area contributed by atoms with E-state index in [1.165, 1.54) is 22.6 Å². The molecule has 0 fully saturated rings. The van der Waals surface area contributed by atoms with Crippen LogP contribution in [0.25, 0.3) is 0 Å². The largest absolute Gasteiger partial charge is 0.396 e. The van der Waals surface area contributed by atoms with Gasteiger partial charge in [0.25, 0.3) is 0 Å². The Hall–Kier alpha value is -0.510. The van der Waals surface area contributed by atoms with Crippen LogP contribution in [-0.4, -0.2) is 24.0 Å². The van der Waals surface area contributed by atoms with Gasteiger partial charge in [-0.1, -0.05) is 25.1 Å². The number of aliphatic hydroxyl groups excluding tert-OH is 1. The van der Waals surface area contributed by atoms with Crippen LogP contribution in [-0.2, 0) is 0 Å². The highest BCUT2D eigenvalue weighted by Crippen LogP contribution is 2.35. The van der Waals surface area contributed by atoms with Gasteiger partial charge in [-0.25, -0.2) is 0 Å². The predicted octanol–water partition coefficient (Wildman–Crippen LogP) is 2.44. The molecule has 1 heterocycles. The fraction of sp³-hybridized carbons (Fsp3) is 0.538. The Balaban J connectivity index is 2.01. The maximum atomic E-state index is 9.02. The third-order valence-electron chi connectivity index (χ3n) is 2.98. The van der Waals surface area contributed by atoms with Gasteiger partial charge in [-0.3, -0.25) is 0 Å². The lowest BCUT2D eigenvalue weighted by molar-refractivity contribution is 0.229. The van der Waals surface area contributed by atoms with E-state index in [-0.39, 0.29) is 6.61 Å². The van der Waals surface area contributed by atoms with E-state index in [0.29, 0.717) is 12.0 Å². The fourth-order valence-electron chi connectivity index (χ4n) is 1.96. The van der Waals surface area contributed by atoms with Gasteiger partial charge in [0.2, 0.25) is 0 Å². The number of thioether (sulfide) groups is 1. The third-order valence-corrected chi connectivity index (χ3v) is 4.11. The molecule has 1 aromatic carbocycles. The zero-order valence-corrected chi connectivity index (χ0v) is 10.5. The van der Waals surface area contributed by atoms with Crippen molar-refractivity contribution >= 4 is 11.8 Å². The summed E-state index contributed by atoms with van der Waals surface area (Å²) in [5.41, 5.74) is 1.42. The molecule has 2 nitrogen and oxygen atoms in total. The second kappa shape index (κ2) is 5.71. The van der Waals surface area contributed by atoms with Crippen LogP contribution in [0.2, 0.25) is 0 Å². The summed E-state index contributed by atoms with van der Waals surface area (Å²) >= 11 is 1.94. The molecule has 1 aliphatic rings. The number of hydrogen-bond donors (Lipinski definition) is 2. The Morgan fingerprint density at radius 2 is 2.31 bits per heavy atom. The number of nitrogens with one attached hydrogen (secondary N) is 1. The average Bonchev–Trinajstić information content (AvgIpc) is 2.35. The molecule has 0 aliphatic carbocycles. The summed E-state index contributed by atoms with van der Waals surface area (Å²) in [6, 6.07) is 9.08. The standard InChI is InChI=1S/C13H19NOS/c1-10(9-15)8-14-12-6-7-16-13-5-3-2-4-11(12)13/h2-5,10,12,14-15H,6-9H2,1H3. The summed E-state index contributed by atoms with van der Waals surface area (Å²) < 4.78 is 0. The molecular weight excluding hydrogens is 218 g/mol. The lowest BCUT2D eigenvalue weighted by Gasteiger charge is -2.27. The van der Waals surface area contributed by atoms with E-state index in [9.17, 15) is 0 Å². The van der Waals surface area contributed by atoms with Gasteiger partial charge in [-0.05, 0) is 29.7 Å². The van der Waals surface area contributed by atoms with E-state index in [1.54, 1.807) is 0 Å². The van der Waals surface area contributed by atoms with Gasteiger partial charge < -0.3 is 10.4 Å². The second-order valence-corrected chi connectivity index (χ2v) is 5.56. The van der Waals surface area contributed by atoms with Gasteiger partial charge in [-0.15, -0.1) is 11.8 Å². The minimum absolute atomic E-state index is 0.260. The van der Waals surface area contributed by atoms with Crippen molar-refractivity contribution in [2.75, 3.05) is 18.9 Å². The minimum atomic E-state index is 0.260. The fourth-order valence-corrected chi connectivity index (χ4v) is 3.09. The first-order valence-electron chi connectivity index (χ1n) is 5.87. The van der Waals surface area contributed by atoms with Crippen LogP contribution in [0.1, 0.15) is 24.9 Å². The number of fused-ring (bicyclic) bond motifs is 1. The summed E-state index contributed by atoms with van der Waals surface area (Å²) in [6.07, 6.45) is 1.18. The van der Waals surface area contributed by atoms with Crippen LogP contribution >= 0.6 is 11.8 Å². The topological polar surface area (TPSA) is 32.3 Å². The third kappa shape index (κ3) is 2.78. The smallest absolute Gasteiger partial charge is 0.0468 e. The van der Waals surface area contributed by atoms with Crippen molar-refractivity contribution in [3.63, 3.8) is 0 Å². The molecule has 3 heteroatoms. The Morgan fingerprint density at radius 1 is 1.50 bits per heavy atom. The van der Waals surface area contributed by atoms with E-state index >= 15 is 0 Å². The highest BCUT2D eigenvalue weighted by Gasteiger charge is 2.19. The van der Waals surface area contributed by atoms with Gasteiger partial charge in [0, 0.05) is 24.1 Å². The van der Waals surface area contributed by atoms with Crippen molar-refractivity contribution in [2.24, 2.45) is 5.92 Å². The van der Waals surface area contributed by atoms with Crippen LogP contribution in [0.4, 0.5) is 0 Å². The zero-order valence-electron chi connectivity index (χ0n) is 9.65. The van der Waals surface area contributed by atoms with E-state index in [4.69, 9.17) is 5.11 Å². The number of aliphatic hydroxyl groups is 1. The van der Waals surface area contributed by atoms with Crippen molar-refractivity contribution in [3.05, 3.63) is 29.8 Å². The molecule has 0 aromatic heterocycles. The summed E-state index contributed by atoms with van der Waals surface area (Å²) in [5, 5.41) is 12.6. The van der Waals surface area contributed by atoms with E-state index in [0.717, 1.165) is 6.54 Å². The van der Waals surface area contributed by atoms with Crippen molar-refractivity contribution in [1.29, 1.82) is 0 Å². The molecule has 0 saturated carbocycles. The van der Waals surface area contributed by atoms with Crippen LogP contribution in [0.5, 0.6) is 0 Å². The normalized spacial score (nSPS) is 21.5. The summed E-state index contributed by atoms with van der Waals surface area (Å²) in [7, 11) is 0. The average molecular weight is 237 g/mol. The summed E-state index contributed by atoms with van der Waals surface area (Å²) in [5.74, 6) is 1.52. The van der Waals surface area contributed by atoms with Crippen LogP contribution in [0.3, 0.4) is 0 Å². The first kappa shape index (κ1) is 12.0. The molecule has 2 atom stereocenters. The molecule has 0 bridgehead atoms. The van der Waals surface area contributed by atoms with E-state index in [1.807, 2.05) is 11.8 Å². The van der Waals surface area contributed by atoms with E-state index in [2.05, 4.69) is 36.5 Å². The Kier molecular flexibility index (Phi) is 4.27. The van der Waals surface area contributed by atoms with Gasteiger partial charge in [0.15, 0.2) is 0 Å². The van der Waals surface area contributed by atoms with Crippen molar-refractivity contribution in [1.82, 2.24) is 5.32 Å². The minimum Gasteiger partial charge on any atom is -0.396 e. The van der Waals surface area contributed by atoms with Crippen LogP contribution < -0.4 is 5.32 Å². The van der Waals surface area contributed by atoms with Gasteiger partial charge >= 0.3 is 0 Å². The molecule has 0 radical (unpaired) electrons. The molecule has 2 rings (SSSR count). The van der Waals surface area contributed by atoms with Gasteiger partial charge in [-0.2, -0.15) is 0 Å². The first-order chi connectivity index (χ1) is 7.81. The highest BCUT2D eigenvalue weighted by atomic mass is 32.2. The SMILES string of the molecule is CC(CO)CNC1CCSc2ccccc21. The lowest BCUT2D eigenvalue weighted by atomic mass is 10.0. The van der Waals surface area contributed by atoms with E-state index < -0.39 is 0 Å². The zero-order chi connectivity index (χ0) is 11.4. The lowest BCUT2D eigenvalue weighted by Crippen LogP contribution is -2.29. The van der Waals surface area contributed by atoms with Crippen molar-refractivity contribution in [3.8, 4) is 0 Å². The molecule has 0 saturated heterocycles. The first-order valence-corrected chi connectivity index (χ1v) is 6.85. The van der Waals surface area contributed by atoms with Gasteiger partial charge in [0.05, 0.1) is 0 Å².